The lowest BCUT2D eigenvalue weighted by molar-refractivity contribution is -0.122. The van der Waals surface area contributed by atoms with Gasteiger partial charge in [-0.25, -0.2) is 0 Å². The van der Waals surface area contributed by atoms with E-state index in [1.54, 1.807) is 12.1 Å². The van der Waals surface area contributed by atoms with Crippen LogP contribution in [-0.2, 0) is 4.79 Å². The van der Waals surface area contributed by atoms with Crippen molar-refractivity contribution in [2.45, 2.75) is 26.3 Å². The fourth-order valence-corrected chi connectivity index (χ4v) is 2.09. The third kappa shape index (κ3) is 4.33. The van der Waals surface area contributed by atoms with E-state index in [4.69, 9.17) is 5.73 Å². The van der Waals surface area contributed by atoms with E-state index in [-0.39, 0.29) is 24.3 Å². The van der Waals surface area contributed by atoms with E-state index in [1.165, 1.54) is 11.3 Å². The quantitative estimate of drug-likeness (QED) is 0.727. The SMILES string of the molecule is CC(C)C(C)(CN)NC(=O)CNC(=O)c1cccs1. The maximum atomic E-state index is 11.8. The maximum Gasteiger partial charge on any atom is 0.261 e. The van der Waals surface area contributed by atoms with E-state index in [9.17, 15) is 9.59 Å². The van der Waals surface area contributed by atoms with Gasteiger partial charge in [0.15, 0.2) is 0 Å². The lowest BCUT2D eigenvalue weighted by Crippen LogP contribution is -2.56. The van der Waals surface area contributed by atoms with Crippen molar-refractivity contribution < 1.29 is 9.59 Å². The minimum atomic E-state index is -0.454. The van der Waals surface area contributed by atoms with Gasteiger partial charge in [0.05, 0.1) is 17.0 Å². The molecule has 0 spiro atoms. The number of carbonyl (C=O) groups excluding carboxylic acids is 2. The number of carbonyl (C=O) groups is 2. The number of thiophene rings is 1. The molecule has 5 nitrogen and oxygen atoms in total. The first-order valence-electron chi connectivity index (χ1n) is 6.22. The molecule has 0 saturated heterocycles. The van der Waals surface area contributed by atoms with E-state index in [0.29, 0.717) is 11.4 Å². The zero-order valence-electron chi connectivity index (χ0n) is 11.5. The molecule has 106 valence electrons. The molecule has 1 aromatic heterocycles. The van der Waals surface area contributed by atoms with Crippen LogP contribution in [0.15, 0.2) is 17.5 Å². The zero-order chi connectivity index (χ0) is 14.5. The Morgan fingerprint density at radius 1 is 1.47 bits per heavy atom. The van der Waals surface area contributed by atoms with Gasteiger partial charge in [-0.2, -0.15) is 0 Å². The average Bonchev–Trinajstić information content (AvgIpc) is 2.89. The molecule has 1 heterocycles. The van der Waals surface area contributed by atoms with E-state index < -0.39 is 5.54 Å². The van der Waals surface area contributed by atoms with Gasteiger partial charge in [0.2, 0.25) is 5.91 Å². The summed E-state index contributed by atoms with van der Waals surface area (Å²) in [5.41, 5.74) is 5.24. The molecule has 0 saturated carbocycles. The van der Waals surface area contributed by atoms with Crippen LogP contribution >= 0.6 is 11.3 Å². The molecule has 1 rings (SSSR count). The molecule has 2 amide bonds. The number of nitrogens with two attached hydrogens (primary N) is 1. The van der Waals surface area contributed by atoms with Crippen LogP contribution in [0.3, 0.4) is 0 Å². The number of hydrogen-bond donors (Lipinski definition) is 3. The predicted octanol–water partition coefficient (Wildman–Crippen LogP) is 0.968. The summed E-state index contributed by atoms with van der Waals surface area (Å²) in [7, 11) is 0. The molecule has 6 heteroatoms. The normalized spacial score (nSPS) is 13.9. The lowest BCUT2D eigenvalue weighted by Gasteiger charge is -2.33. The molecule has 1 atom stereocenters. The van der Waals surface area contributed by atoms with Gasteiger partial charge >= 0.3 is 0 Å². The first kappa shape index (κ1) is 15.7. The van der Waals surface area contributed by atoms with E-state index in [0.717, 1.165) is 0 Å². The van der Waals surface area contributed by atoms with Crippen LogP contribution in [0.4, 0.5) is 0 Å². The number of rotatable bonds is 6. The molecule has 4 N–H and O–H groups in total. The Balaban J connectivity index is 2.46. The molecule has 0 fully saturated rings. The summed E-state index contributed by atoms with van der Waals surface area (Å²) in [5, 5.41) is 7.28. The summed E-state index contributed by atoms with van der Waals surface area (Å²) in [5.74, 6) is -0.245. The highest BCUT2D eigenvalue weighted by Crippen LogP contribution is 2.14. The van der Waals surface area contributed by atoms with Crippen molar-refractivity contribution in [2.75, 3.05) is 13.1 Å². The van der Waals surface area contributed by atoms with Crippen LogP contribution in [0.2, 0.25) is 0 Å². The Morgan fingerprint density at radius 2 is 2.16 bits per heavy atom. The predicted molar refractivity (Wildman–Crippen MR) is 77.1 cm³/mol. The van der Waals surface area contributed by atoms with Gasteiger partial charge in [-0.15, -0.1) is 11.3 Å². The van der Waals surface area contributed by atoms with Crippen LogP contribution in [-0.4, -0.2) is 30.4 Å². The highest BCUT2D eigenvalue weighted by Gasteiger charge is 2.28. The summed E-state index contributed by atoms with van der Waals surface area (Å²) in [6, 6.07) is 3.51. The maximum absolute atomic E-state index is 11.8. The smallest absolute Gasteiger partial charge is 0.261 e. The van der Waals surface area contributed by atoms with Gasteiger partial charge in [-0.05, 0) is 24.3 Å². The van der Waals surface area contributed by atoms with Gasteiger partial charge in [-0.3, -0.25) is 9.59 Å². The number of hydrogen-bond acceptors (Lipinski definition) is 4. The topological polar surface area (TPSA) is 84.2 Å². The monoisotopic (exact) mass is 283 g/mol. The van der Waals surface area contributed by atoms with Crippen molar-refractivity contribution in [1.29, 1.82) is 0 Å². The van der Waals surface area contributed by atoms with Crippen molar-refractivity contribution in [1.82, 2.24) is 10.6 Å². The van der Waals surface area contributed by atoms with E-state index in [1.807, 2.05) is 26.2 Å². The van der Waals surface area contributed by atoms with Crippen LogP contribution in [0.25, 0.3) is 0 Å². The highest BCUT2D eigenvalue weighted by atomic mass is 32.1. The van der Waals surface area contributed by atoms with Crippen molar-refractivity contribution in [3.05, 3.63) is 22.4 Å². The van der Waals surface area contributed by atoms with Crippen LogP contribution in [0.5, 0.6) is 0 Å². The van der Waals surface area contributed by atoms with Gasteiger partial charge < -0.3 is 16.4 Å². The van der Waals surface area contributed by atoms with Gasteiger partial charge in [0.25, 0.3) is 5.91 Å². The van der Waals surface area contributed by atoms with Crippen LogP contribution < -0.4 is 16.4 Å². The second-order valence-electron chi connectivity index (χ2n) is 4.98. The molecule has 0 radical (unpaired) electrons. The summed E-state index contributed by atoms with van der Waals surface area (Å²) in [4.78, 5) is 24.1. The molecule has 1 unspecified atom stereocenters. The molecule has 0 aromatic carbocycles. The Bertz CT molecular complexity index is 431. The fourth-order valence-electron chi connectivity index (χ4n) is 1.45. The molecule has 0 bridgehead atoms. The average molecular weight is 283 g/mol. The van der Waals surface area contributed by atoms with Crippen molar-refractivity contribution in [2.24, 2.45) is 11.7 Å². The summed E-state index contributed by atoms with van der Waals surface area (Å²) >= 11 is 1.34. The van der Waals surface area contributed by atoms with Crippen LogP contribution in [0, 0.1) is 5.92 Å². The zero-order valence-corrected chi connectivity index (χ0v) is 12.3. The highest BCUT2D eigenvalue weighted by molar-refractivity contribution is 7.12. The molecule has 19 heavy (non-hydrogen) atoms. The summed E-state index contributed by atoms with van der Waals surface area (Å²) in [6.07, 6.45) is 0. The summed E-state index contributed by atoms with van der Waals surface area (Å²) < 4.78 is 0. The second-order valence-corrected chi connectivity index (χ2v) is 5.93. The van der Waals surface area contributed by atoms with Crippen molar-refractivity contribution in [3.63, 3.8) is 0 Å². The third-order valence-corrected chi connectivity index (χ3v) is 4.15. The van der Waals surface area contributed by atoms with E-state index >= 15 is 0 Å². The standard InChI is InChI=1S/C13H21N3O2S/c1-9(2)13(3,8-14)16-11(17)7-15-12(18)10-5-4-6-19-10/h4-6,9H,7-8,14H2,1-3H3,(H,15,18)(H,16,17). The first-order valence-corrected chi connectivity index (χ1v) is 7.10. The lowest BCUT2D eigenvalue weighted by atomic mass is 9.88. The molecule has 0 aliphatic carbocycles. The van der Waals surface area contributed by atoms with Gasteiger partial charge in [0, 0.05) is 6.54 Å². The molecular formula is C13H21N3O2S. The Labute approximate surface area is 117 Å². The van der Waals surface area contributed by atoms with Crippen molar-refractivity contribution >= 4 is 23.2 Å². The third-order valence-electron chi connectivity index (χ3n) is 3.28. The Morgan fingerprint density at radius 3 is 2.63 bits per heavy atom. The minimum Gasteiger partial charge on any atom is -0.348 e. The number of amides is 2. The van der Waals surface area contributed by atoms with Gasteiger partial charge in [0.1, 0.15) is 0 Å². The van der Waals surface area contributed by atoms with E-state index in [2.05, 4.69) is 10.6 Å². The van der Waals surface area contributed by atoms with Crippen LogP contribution in [0.1, 0.15) is 30.4 Å². The largest absolute Gasteiger partial charge is 0.348 e. The molecule has 0 aliphatic rings. The molecule has 1 aromatic rings. The summed E-state index contributed by atoms with van der Waals surface area (Å²) in [6.45, 7) is 6.21. The van der Waals surface area contributed by atoms with Crippen molar-refractivity contribution in [3.8, 4) is 0 Å². The minimum absolute atomic E-state index is 0.0426. The second kappa shape index (κ2) is 6.68. The number of nitrogens with one attached hydrogen (secondary N) is 2. The first-order chi connectivity index (χ1) is 8.89. The molecular weight excluding hydrogens is 262 g/mol. The Hall–Kier alpha value is -1.40. The fraction of sp³-hybridized carbons (Fsp3) is 0.538. The van der Waals surface area contributed by atoms with Gasteiger partial charge in [-0.1, -0.05) is 19.9 Å². The molecule has 0 aliphatic heterocycles. The Kier molecular flexibility index (Phi) is 5.50.